The predicted molar refractivity (Wildman–Crippen MR) is 56.8 cm³/mol. The molecule has 0 saturated heterocycles. The SMILES string of the molecule is COC(=O)NC(C(C)=O)C1CC23CC2(C1)C3. The van der Waals surface area contributed by atoms with Crippen molar-refractivity contribution >= 4 is 11.9 Å². The molecule has 1 atom stereocenters. The number of hydrogen-bond donors (Lipinski definition) is 1. The molecule has 4 nitrogen and oxygen atoms in total. The average Bonchev–Trinajstić information content (AvgIpc) is 2.94. The van der Waals surface area contributed by atoms with Crippen LogP contribution < -0.4 is 5.32 Å². The Hall–Kier alpha value is -1.06. The van der Waals surface area contributed by atoms with Crippen LogP contribution in [0, 0.1) is 16.7 Å². The van der Waals surface area contributed by atoms with Crippen LogP contribution in [0.25, 0.3) is 0 Å². The topological polar surface area (TPSA) is 55.4 Å². The number of ketones is 1. The minimum atomic E-state index is -0.496. The third kappa shape index (κ3) is 1.16. The van der Waals surface area contributed by atoms with Crippen molar-refractivity contribution < 1.29 is 14.3 Å². The van der Waals surface area contributed by atoms with Crippen molar-refractivity contribution in [3.05, 3.63) is 0 Å². The zero-order chi connectivity index (χ0) is 11.6. The second-order valence-electron chi connectivity index (χ2n) is 5.81. The molecule has 0 spiro atoms. The molecule has 4 heteroatoms. The van der Waals surface area contributed by atoms with E-state index < -0.39 is 6.09 Å². The van der Waals surface area contributed by atoms with Crippen molar-refractivity contribution in [3.8, 4) is 0 Å². The number of ether oxygens (including phenoxy) is 1. The molecule has 16 heavy (non-hydrogen) atoms. The standard InChI is InChI=1S/C12H17NO3/c1-7(14)9(13-10(15)16-2)8-3-11-5-12(11,4-8)6-11/h8-9H,3-6H2,1-2H3,(H,13,15). The molecule has 1 amide bonds. The van der Waals surface area contributed by atoms with E-state index in [9.17, 15) is 9.59 Å². The normalized spacial score (nSPS) is 44.0. The number of rotatable bonds is 3. The fraction of sp³-hybridized carbons (Fsp3) is 0.833. The Morgan fingerprint density at radius 2 is 1.88 bits per heavy atom. The molecule has 0 heterocycles. The second-order valence-corrected chi connectivity index (χ2v) is 5.81. The molecule has 3 fully saturated rings. The van der Waals surface area contributed by atoms with Gasteiger partial charge in [-0.1, -0.05) is 0 Å². The average molecular weight is 223 g/mol. The van der Waals surface area contributed by atoms with Gasteiger partial charge in [-0.3, -0.25) is 4.79 Å². The van der Waals surface area contributed by atoms with E-state index in [2.05, 4.69) is 10.1 Å². The highest BCUT2D eigenvalue weighted by molar-refractivity contribution is 5.85. The lowest BCUT2D eigenvalue weighted by molar-refractivity contribution is -0.120. The molecule has 0 aromatic carbocycles. The van der Waals surface area contributed by atoms with Gasteiger partial charge >= 0.3 is 6.09 Å². The second kappa shape index (κ2) is 2.79. The summed E-state index contributed by atoms with van der Waals surface area (Å²) < 4.78 is 4.56. The molecule has 88 valence electrons. The Balaban J connectivity index is 1.66. The first-order chi connectivity index (χ1) is 7.52. The summed E-state index contributed by atoms with van der Waals surface area (Å²) in [6.45, 7) is 1.55. The molecule has 1 unspecified atom stereocenters. The largest absolute Gasteiger partial charge is 0.453 e. The third-order valence-electron chi connectivity index (χ3n) is 4.90. The van der Waals surface area contributed by atoms with Gasteiger partial charge in [0.25, 0.3) is 0 Å². The van der Waals surface area contributed by atoms with Crippen LogP contribution in [0.5, 0.6) is 0 Å². The van der Waals surface area contributed by atoms with Crippen LogP contribution in [-0.2, 0) is 9.53 Å². The van der Waals surface area contributed by atoms with Gasteiger partial charge in [-0.2, -0.15) is 0 Å². The van der Waals surface area contributed by atoms with Crippen LogP contribution in [-0.4, -0.2) is 25.0 Å². The Morgan fingerprint density at radius 1 is 1.31 bits per heavy atom. The summed E-state index contributed by atoms with van der Waals surface area (Å²) in [4.78, 5) is 22.7. The first-order valence-electron chi connectivity index (χ1n) is 5.87. The maximum atomic E-state index is 11.6. The molecule has 3 aliphatic carbocycles. The summed E-state index contributed by atoms with van der Waals surface area (Å²) in [5, 5.41) is 2.67. The van der Waals surface area contributed by atoms with Crippen molar-refractivity contribution in [2.24, 2.45) is 16.7 Å². The third-order valence-corrected chi connectivity index (χ3v) is 4.90. The van der Waals surface area contributed by atoms with Gasteiger partial charge in [-0.15, -0.1) is 0 Å². The highest BCUT2D eigenvalue weighted by Crippen LogP contribution is 2.94. The van der Waals surface area contributed by atoms with Gasteiger partial charge in [0.1, 0.15) is 0 Å². The summed E-state index contributed by atoms with van der Waals surface area (Å²) in [5.74, 6) is 0.378. The summed E-state index contributed by atoms with van der Waals surface area (Å²) in [6.07, 6.45) is 4.45. The number of hydrogen-bond acceptors (Lipinski definition) is 3. The Bertz CT molecular complexity index is 354. The van der Waals surface area contributed by atoms with E-state index in [1.54, 1.807) is 6.92 Å². The first-order valence-corrected chi connectivity index (χ1v) is 5.87. The summed E-state index contributed by atoms with van der Waals surface area (Å²) >= 11 is 0. The Morgan fingerprint density at radius 3 is 2.31 bits per heavy atom. The number of Topliss-reactive ketones (excluding diaryl/α,β-unsaturated/α-hetero) is 1. The zero-order valence-electron chi connectivity index (χ0n) is 9.71. The minimum absolute atomic E-state index is 0.0453. The molecular formula is C12H17NO3. The van der Waals surface area contributed by atoms with Crippen molar-refractivity contribution in [3.63, 3.8) is 0 Å². The molecule has 3 aliphatic rings. The van der Waals surface area contributed by atoms with Crippen molar-refractivity contribution in [2.75, 3.05) is 7.11 Å². The van der Waals surface area contributed by atoms with E-state index >= 15 is 0 Å². The van der Waals surface area contributed by atoms with Crippen LogP contribution >= 0.6 is 0 Å². The minimum Gasteiger partial charge on any atom is -0.453 e. The number of carbonyl (C=O) groups is 2. The van der Waals surface area contributed by atoms with Crippen LogP contribution in [0.1, 0.15) is 32.6 Å². The van der Waals surface area contributed by atoms with Gasteiger partial charge < -0.3 is 10.1 Å². The summed E-state index contributed by atoms with van der Waals surface area (Å²) in [6, 6.07) is -0.339. The van der Waals surface area contributed by atoms with Crippen LogP contribution in [0.2, 0.25) is 0 Å². The Kier molecular flexibility index (Phi) is 1.76. The Labute approximate surface area is 94.7 Å². The lowest BCUT2D eigenvalue weighted by atomic mass is 9.84. The highest BCUT2D eigenvalue weighted by Gasteiger charge is 2.85. The van der Waals surface area contributed by atoms with E-state index in [-0.39, 0.29) is 11.8 Å². The number of carbonyl (C=O) groups excluding carboxylic acids is 2. The maximum absolute atomic E-state index is 11.6. The van der Waals surface area contributed by atoms with Crippen molar-refractivity contribution in [1.29, 1.82) is 0 Å². The summed E-state index contributed by atoms with van der Waals surface area (Å²) in [5.41, 5.74) is 1.17. The molecule has 3 saturated carbocycles. The number of nitrogens with one attached hydrogen (secondary N) is 1. The molecule has 0 radical (unpaired) electrons. The van der Waals surface area contributed by atoms with Gasteiger partial charge in [0.2, 0.25) is 0 Å². The molecule has 0 aromatic rings. The monoisotopic (exact) mass is 223 g/mol. The van der Waals surface area contributed by atoms with E-state index in [4.69, 9.17) is 0 Å². The molecule has 0 bridgehead atoms. The fourth-order valence-electron chi connectivity index (χ4n) is 3.93. The molecule has 1 N–H and O–H groups in total. The van der Waals surface area contributed by atoms with E-state index in [0.717, 1.165) is 12.8 Å². The van der Waals surface area contributed by atoms with Gasteiger partial charge in [0.05, 0.1) is 13.2 Å². The lowest BCUT2D eigenvalue weighted by Gasteiger charge is -2.27. The van der Waals surface area contributed by atoms with Gasteiger partial charge in [-0.25, -0.2) is 4.79 Å². The van der Waals surface area contributed by atoms with E-state index in [0.29, 0.717) is 16.7 Å². The fourth-order valence-corrected chi connectivity index (χ4v) is 3.93. The van der Waals surface area contributed by atoms with Crippen LogP contribution in [0.3, 0.4) is 0 Å². The van der Waals surface area contributed by atoms with Crippen molar-refractivity contribution in [1.82, 2.24) is 5.32 Å². The van der Waals surface area contributed by atoms with Crippen molar-refractivity contribution in [2.45, 2.75) is 38.6 Å². The maximum Gasteiger partial charge on any atom is 0.407 e. The summed E-state index contributed by atoms with van der Waals surface area (Å²) in [7, 11) is 1.33. The zero-order valence-corrected chi connectivity index (χ0v) is 9.71. The van der Waals surface area contributed by atoms with Gasteiger partial charge in [0.15, 0.2) is 5.78 Å². The first kappa shape index (κ1) is 10.1. The number of alkyl carbamates (subject to hydrolysis) is 1. The number of amides is 1. The predicted octanol–water partition coefficient (Wildman–Crippen LogP) is 1.49. The lowest BCUT2D eigenvalue weighted by Crippen LogP contribution is -2.45. The van der Waals surface area contributed by atoms with Gasteiger partial charge in [-0.05, 0) is 49.4 Å². The quantitative estimate of drug-likeness (QED) is 0.788. The molecule has 0 aromatic heterocycles. The van der Waals surface area contributed by atoms with E-state index in [1.807, 2.05) is 0 Å². The highest BCUT2D eigenvalue weighted by atomic mass is 16.5. The number of methoxy groups -OCH3 is 1. The van der Waals surface area contributed by atoms with Crippen LogP contribution in [0.4, 0.5) is 4.79 Å². The molecule has 3 rings (SSSR count). The molecule has 0 aliphatic heterocycles. The smallest absolute Gasteiger partial charge is 0.407 e. The van der Waals surface area contributed by atoms with Crippen LogP contribution in [0.15, 0.2) is 0 Å². The molecular weight excluding hydrogens is 206 g/mol. The van der Waals surface area contributed by atoms with Gasteiger partial charge in [0, 0.05) is 0 Å². The van der Waals surface area contributed by atoms with E-state index in [1.165, 1.54) is 20.0 Å².